The summed E-state index contributed by atoms with van der Waals surface area (Å²) in [5.74, 6) is -1.37. The Morgan fingerprint density at radius 1 is 1.05 bits per heavy atom. The summed E-state index contributed by atoms with van der Waals surface area (Å²) in [6, 6.07) is 7.66. The molecular formula is C40H49ClF3N7O6S. The first-order chi connectivity index (χ1) is 27.0. The van der Waals surface area contributed by atoms with Crippen LogP contribution in [0.2, 0.25) is 0 Å². The Bertz CT molecular complexity index is 1910. The van der Waals surface area contributed by atoms with Gasteiger partial charge in [0.1, 0.15) is 5.54 Å². The molecule has 1 aromatic heterocycles. The fraction of sp³-hybridized carbons (Fsp3) is 0.575. The van der Waals surface area contributed by atoms with Gasteiger partial charge in [-0.05, 0) is 127 Å². The highest BCUT2D eigenvalue weighted by Crippen LogP contribution is 2.42. The maximum absolute atomic E-state index is 13.6. The number of halogens is 4. The molecule has 3 unspecified atom stereocenters. The van der Waals surface area contributed by atoms with Crippen LogP contribution in [0.5, 0.6) is 0 Å². The van der Waals surface area contributed by atoms with E-state index in [1.54, 1.807) is 30.9 Å². The van der Waals surface area contributed by atoms with Crippen molar-refractivity contribution >= 4 is 59.7 Å². The Balaban J connectivity index is 0.00000641. The third-order valence-electron chi connectivity index (χ3n) is 11.7. The largest absolute Gasteiger partial charge is 0.417 e. The molecule has 3 aliphatic heterocycles. The lowest BCUT2D eigenvalue weighted by molar-refractivity contribution is -0.138. The van der Waals surface area contributed by atoms with E-state index >= 15 is 0 Å². The molecule has 1 aliphatic carbocycles. The quantitative estimate of drug-likeness (QED) is 0.140. The molecule has 58 heavy (non-hydrogen) atoms. The Morgan fingerprint density at radius 2 is 1.74 bits per heavy atom. The Kier molecular flexibility index (Phi) is 14.2. The van der Waals surface area contributed by atoms with Gasteiger partial charge in [0.15, 0.2) is 0 Å². The van der Waals surface area contributed by atoms with Gasteiger partial charge in [-0.1, -0.05) is 0 Å². The van der Waals surface area contributed by atoms with Crippen molar-refractivity contribution in [1.82, 2.24) is 24.4 Å². The van der Waals surface area contributed by atoms with Gasteiger partial charge in [-0.3, -0.25) is 34.4 Å². The highest BCUT2D eigenvalue weighted by molar-refractivity contribution is 7.98. The number of nitrogens with one attached hydrogen (secondary N) is 2. The molecule has 3 saturated heterocycles. The van der Waals surface area contributed by atoms with E-state index in [2.05, 4.69) is 34.4 Å². The number of carbonyl (C=O) groups is 5. The summed E-state index contributed by atoms with van der Waals surface area (Å²) >= 11 is 0.636. The van der Waals surface area contributed by atoms with Crippen molar-refractivity contribution in [3.8, 4) is 6.07 Å². The number of hydrogen-bond acceptors (Lipinski definition) is 10. The SMILES string of the molecule is CC1CC(CCOC2CCC(N3C(=O)N(Sc4ccc(C#N)c(C(F)(F)F)c4)C(=O)C3(C)C)CC2)CC(C)N1CC(=O)Nc1ccc(C2CCC(=O)NC2=O)nc1.Cl. The summed E-state index contributed by atoms with van der Waals surface area (Å²) in [6.45, 7) is 8.38. The zero-order valence-electron chi connectivity index (χ0n) is 32.8. The van der Waals surface area contributed by atoms with Gasteiger partial charge in [0.2, 0.25) is 17.7 Å². The molecule has 1 aromatic carbocycles. The van der Waals surface area contributed by atoms with Gasteiger partial charge < -0.3 is 15.0 Å². The number of nitrogens with zero attached hydrogens (tertiary/aromatic N) is 5. The lowest BCUT2D eigenvalue weighted by Crippen LogP contribution is -2.51. The standard InChI is InChI=1S/C40H48F3N7O6S.ClH/c1-23-17-25(18-24(2)48(23)22-35(52)46-27-6-13-33(45-21-27)31-12-14-34(51)47-36(31)53)15-16-56-29-9-7-28(8-10-29)49-38(55)50(37(54)39(49,3)4)57-30-11-5-26(20-44)32(19-30)40(41,42)43;/h5-6,11,13,19,21,23-25,28-29,31H,7-10,12,14-18,22H2,1-4H3,(H,46,52)(H,47,51,53);1H. The van der Waals surface area contributed by atoms with Crippen LogP contribution < -0.4 is 10.6 Å². The van der Waals surface area contributed by atoms with E-state index in [1.165, 1.54) is 18.3 Å². The number of ether oxygens (including phenoxy) is 1. The van der Waals surface area contributed by atoms with E-state index in [9.17, 15) is 37.1 Å². The third-order valence-corrected chi connectivity index (χ3v) is 12.6. The van der Waals surface area contributed by atoms with E-state index in [4.69, 9.17) is 10.00 Å². The normalized spacial score (nSPS) is 26.5. The lowest BCUT2D eigenvalue weighted by atomic mass is 9.85. The number of amides is 6. The van der Waals surface area contributed by atoms with Crippen LogP contribution in [0.15, 0.2) is 41.4 Å². The number of aromatic nitrogens is 1. The molecule has 6 rings (SSSR count). The van der Waals surface area contributed by atoms with Crippen LogP contribution in [0.4, 0.5) is 23.7 Å². The zero-order valence-corrected chi connectivity index (χ0v) is 34.5. The third kappa shape index (κ3) is 9.95. The van der Waals surface area contributed by atoms with Crippen molar-refractivity contribution in [3.63, 3.8) is 0 Å². The van der Waals surface area contributed by atoms with Crippen LogP contribution in [0.25, 0.3) is 0 Å². The van der Waals surface area contributed by atoms with Crippen LogP contribution in [-0.4, -0.2) is 91.7 Å². The summed E-state index contributed by atoms with van der Waals surface area (Å²) in [6.07, 6.45) is 2.81. The molecule has 0 spiro atoms. The van der Waals surface area contributed by atoms with Gasteiger partial charge in [-0.25, -0.2) is 4.79 Å². The van der Waals surface area contributed by atoms with Crippen molar-refractivity contribution in [1.29, 1.82) is 5.26 Å². The molecule has 1 saturated carbocycles. The second-order valence-electron chi connectivity index (χ2n) is 16.0. The fourth-order valence-electron chi connectivity index (χ4n) is 8.70. The minimum Gasteiger partial charge on any atom is -0.378 e. The number of imide groups is 2. The Hall–Kier alpha value is -4.24. The minimum absolute atomic E-state index is 0. The molecule has 4 heterocycles. The van der Waals surface area contributed by atoms with Crippen LogP contribution in [0, 0.1) is 17.2 Å². The predicted octanol–water partition coefficient (Wildman–Crippen LogP) is 6.81. The van der Waals surface area contributed by atoms with E-state index in [1.807, 2.05) is 0 Å². The number of anilines is 1. The molecule has 6 amide bonds. The summed E-state index contributed by atoms with van der Waals surface area (Å²) in [4.78, 5) is 71.8. The number of rotatable bonds is 11. The molecular weight excluding hydrogens is 799 g/mol. The van der Waals surface area contributed by atoms with Crippen molar-refractivity contribution in [2.45, 2.75) is 132 Å². The second kappa shape index (κ2) is 18.4. The molecule has 4 aliphatic rings. The first-order valence-electron chi connectivity index (χ1n) is 19.4. The van der Waals surface area contributed by atoms with Crippen molar-refractivity contribution in [2.24, 2.45) is 5.92 Å². The lowest BCUT2D eigenvalue weighted by Gasteiger charge is -2.42. The Morgan fingerprint density at radius 3 is 2.34 bits per heavy atom. The van der Waals surface area contributed by atoms with Crippen LogP contribution in [0.1, 0.15) is 108 Å². The maximum Gasteiger partial charge on any atom is 0.417 e. The van der Waals surface area contributed by atoms with Crippen molar-refractivity contribution in [3.05, 3.63) is 53.3 Å². The first kappa shape index (κ1) is 44.9. The van der Waals surface area contributed by atoms with E-state index in [0.29, 0.717) is 68.0 Å². The number of pyridine rings is 1. The van der Waals surface area contributed by atoms with Gasteiger partial charge >= 0.3 is 12.2 Å². The molecule has 3 atom stereocenters. The van der Waals surface area contributed by atoms with Gasteiger partial charge in [0.25, 0.3) is 5.91 Å². The van der Waals surface area contributed by atoms with Crippen LogP contribution >= 0.6 is 24.4 Å². The Labute approximate surface area is 346 Å². The number of alkyl halides is 3. The van der Waals surface area contributed by atoms with Crippen LogP contribution in [0.3, 0.4) is 0 Å². The number of carbonyl (C=O) groups excluding carboxylic acids is 5. The summed E-state index contributed by atoms with van der Waals surface area (Å²) in [5, 5.41) is 14.4. The van der Waals surface area contributed by atoms with Crippen LogP contribution in [-0.2, 0) is 30.1 Å². The van der Waals surface area contributed by atoms with E-state index in [0.717, 1.165) is 35.7 Å². The summed E-state index contributed by atoms with van der Waals surface area (Å²) in [5.41, 5.74) is -1.75. The number of likely N-dealkylation sites (tertiary alicyclic amines) is 1. The maximum atomic E-state index is 13.6. The van der Waals surface area contributed by atoms with Crippen molar-refractivity contribution in [2.75, 3.05) is 18.5 Å². The number of urea groups is 1. The molecule has 0 bridgehead atoms. The molecule has 2 aromatic rings. The van der Waals surface area contributed by atoms with Crippen molar-refractivity contribution < 1.29 is 41.9 Å². The van der Waals surface area contributed by atoms with E-state index in [-0.39, 0.29) is 72.2 Å². The van der Waals surface area contributed by atoms with Gasteiger partial charge in [0.05, 0.1) is 53.3 Å². The first-order valence-corrected chi connectivity index (χ1v) is 20.2. The average molecular weight is 848 g/mol. The topological polar surface area (TPSA) is 165 Å². The fourth-order valence-corrected chi connectivity index (χ4v) is 9.68. The number of piperidine rings is 2. The smallest absolute Gasteiger partial charge is 0.378 e. The highest BCUT2D eigenvalue weighted by atomic mass is 35.5. The molecule has 4 fully saturated rings. The molecule has 2 N–H and O–H groups in total. The monoisotopic (exact) mass is 847 g/mol. The molecule has 314 valence electrons. The summed E-state index contributed by atoms with van der Waals surface area (Å²) < 4.78 is 47.9. The zero-order chi connectivity index (χ0) is 41.2. The van der Waals surface area contributed by atoms with Gasteiger partial charge in [-0.2, -0.15) is 22.7 Å². The molecule has 0 radical (unpaired) electrons. The minimum atomic E-state index is -4.76. The molecule has 13 nitrogen and oxygen atoms in total. The highest BCUT2D eigenvalue weighted by Gasteiger charge is 2.55. The summed E-state index contributed by atoms with van der Waals surface area (Å²) in [7, 11) is 0. The number of hydrogen-bond donors (Lipinski definition) is 2. The number of benzene rings is 1. The predicted molar refractivity (Wildman–Crippen MR) is 210 cm³/mol. The second-order valence-corrected chi connectivity index (χ2v) is 17.1. The average Bonchev–Trinajstić information content (AvgIpc) is 3.32. The number of nitriles is 1. The van der Waals surface area contributed by atoms with E-state index < -0.39 is 40.7 Å². The van der Waals surface area contributed by atoms with Gasteiger partial charge in [0, 0.05) is 36.0 Å². The van der Waals surface area contributed by atoms with Gasteiger partial charge in [-0.15, -0.1) is 12.4 Å². The molecule has 18 heteroatoms.